The summed E-state index contributed by atoms with van der Waals surface area (Å²) in [7, 11) is 0. The fourth-order valence-electron chi connectivity index (χ4n) is 3.54. The highest BCUT2D eigenvalue weighted by molar-refractivity contribution is 6.03. The Morgan fingerprint density at radius 2 is 1.80 bits per heavy atom. The second-order valence-electron chi connectivity index (χ2n) is 8.00. The predicted octanol–water partition coefficient (Wildman–Crippen LogP) is 5.75. The maximum absolute atomic E-state index is 12.8. The van der Waals surface area contributed by atoms with Gasteiger partial charge in [-0.2, -0.15) is 0 Å². The van der Waals surface area contributed by atoms with Gasteiger partial charge in [0, 0.05) is 11.6 Å². The number of fused-ring (bicyclic) bond motifs is 1. The molecule has 5 nitrogen and oxygen atoms in total. The minimum atomic E-state index is -0.535. The number of aromatic hydroxyl groups is 3. The molecule has 1 heterocycles. The Bertz CT molecular complexity index is 995. The van der Waals surface area contributed by atoms with Crippen molar-refractivity contribution < 1.29 is 24.9 Å². The van der Waals surface area contributed by atoms with Gasteiger partial charge in [0.2, 0.25) is 0 Å². The van der Waals surface area contributed by atoms with Crippen molar-refractivity contribution in [3.8, 4) is 23.0 Å². The van der Waals surface area contributed by atoms with Gasteiger partial charge < -0.3 is 20.1 Å². The molecule has 2 aromatic rings. The van der Waals surface area contributed by atoms with Gasteiger partial charge in [0.05, 0.1) is 6.42 Å². The highest BCUT2D eigenvalue weighted by atomic mass is 16.5. The number of phenolic OH excluding ortho intramolecular Hbond substituents is 3. The summed E-state index contributed by atoms with van der Waals surface area (Å²) in [4.78, 5) is 12.8. The van der Waals surface area contributed by atoms with Crippen molar-refractivity contribution in [1.29, 1.82) is 0 Å². The second kappa shape index (κ2) is 9.08. The molecule has 3 rings (SSSR count). The van der Waals surface area contributed by atoms with E-state index in [1.165, 1.54) is 23.8 Å². The predicted molar refractivity (Wildman–Crippen MR) is 116 cm³/mol. The van der Waals surface area contributed by atoms with E-state index in [-0.39, 0.29) is 40.8 Å². The van der Waals surface area contributed by atoms with E-state index in [9.17, 15) is 20.1 Å². The first-order valence-corrected chi connectivity index (χ1v) is 10.1. The quantitative estimate of drug-likeness (QED) is 0.530. The molecule has 3 N–H and O–H groups in total. The van der Waals surface area contributed by atoms with Crippen LogP contribution in [0.1, 0.15) is 67.6 Å². The Hall–Kier alpha value is -3.21. The number of carbonyl (C=O) groups excluding carboxylic acids is 1. The van der Waals surface area contributed by atoms with Crippen molar-refractivity contribution in [2.75, 3.05) is 0 Å². The molecule has 0 aliphatic carbocycles. The minimum absolute atomic E-state index is 0.0765. The van der Waals surface area contributed by atoms with Gasteiger partial charge in [-0.05, 0) is 57.7 Å². The molecule has 0 bridgehead atoms. The van der Waals surface area contributed by atoms with Crippen LogP contribution in [0.2, 0.25) is 0 Å². The van der Waals surface area contributed by atoms with E-state index in [2.05, 4.69) is 19.9 Å². The van der Waals surface area contributed by atoms with E-state index >= 15 is 0 Å². The van der Waals surface area contributed by atoms with E-state index in [1.807, 2.05) is 13.0 Å². The maximum Gasteiger partial charge on any atom is 0.174 e. The smallest absolute Gasteiger partial charge is 0.174 e. The largest absolute Gasteiger partial charge is 0.508 e. The average Bonchev–Trinajstić information content (AvgIpc) is 2.67. The Labute approximate surface area is 177 Å². The second-order valence-corrected chi connectivity index (χ2v) is 8.00. The molecule has 0 spiro atoms. The fourth-order valence-corrected chi connectivity index (χ4v) is 3.54. The maximum atomic E-state index is 12.8. The van der Waals surface area contributed by atoms with Crippen molar-refractivity contribution in [1.82, 2.24) is 0 Å². The summed E-state index contributed by atoms with van der Waals surface area (Å²) in [5.41, 5.74) is 3.62. The number of carbonyl (C=O) groups is 1. The third-order valence-corrected chi connectivity index (χ3v) is 5.28. The van der Waals surface area contributed by atoms with E-state index in [0.29, 0.717) is 12.0 Å². The molecule has 0 saturated carbocycles. The van der Waals surface area contributed by atoms with Crippen LogP contribution in [-0.2, 0) is 6.42 Å². The molecule has 1 atom stereocenters. The molecule has 0 radical (unpaired) electrons. The molecule has 0 saturated heterocycles. The Balaban J connectivity index is 1.82. The zero-order chi connectivity index (χ0) is 21.8. The summed E-state index contributed by atoms with van der Waals surface area (Å²) in [6, 6.07) is 7.84. The molecule has 5 heteroatoms. The van der Waals surface area contributed by atoms with Crippen molar-refractivity contribution in [3.63, 3.8) is 0 Å². The topological polar surface area (TPSA) is 87.0 Å². The van der Waals surface area contributed by atoms with Crippen LogP contribution >= 0.6 is 0 Å². The van der Waals surface area contributed by atoms with E-state index < -0.39 is 6.10 Å². The summed E-state index contributed by atoms with van der Waals surface area (Å²) in [6.07, 6.45) is 5.85. The highest BCUT2D eigenvalue weighted by Crippen LogP contribution is 2.44. The monoisotopic (exact) mass is 408 g/mol. The summed E-state index contributed by atoms with van der Waals surface area (Å²) in [6.45, 7) is 6.14. The number of rotatable bonds is 6. The lowest BCUT2D eigenvalue weighted by atomic mass is 9.92. The van der Waals surface area contributed by atoms with Crippen LogP contribution in [0, 0.1) is 0 Å². The lowest BCUT2D eigenvalue weighted by Gasteiger charge is -2.27. The third-order valence-electron chi connectivity index (χ3n) is 5.28. The zero-order valence-corrected chi connectivity index (χ0v) is 17.6. The van der Waals surface area contributed by atoms with Gasteiger partial charge in [-0.1, -0.05) is 35.4 Å². The Morgan fingerprint density at radius 3 is 2.47 bits per heavy atom. The van der Waals surface area contributed by atoms with Gasteiger partial charge in [0.1, 0.15) is 34.7 Å². The first-order chi connectivity index (χ1) is 14.3. The number of allylic oxidation sites excluding steroid dienone is 4. The highest BCUT2D eigenvalue weighted by Gasteiger charge is 2.32. The van der Waals surface area contributed by atoms with E-state index in [4.69, 9.17) is 4.74 Å². The molecular weight excluding hydrogens is 380 g/mol. The van der Waals surface area contributed by atoms with Crippen molar-refractivity contribution in [3.05, 3.63) is 70.3 Å². The summed E-state index contributed by atoms with van der Waals surface area (Å²) in [5.74, 6) is -0.249. The molecule has 1 aliphatic heterocycles. The normalized spacial score (nSPS) is 16.0. The number of benzene rings is 2. The van der Waals surface area contributed by atoms with Crippen LogP contribution in [-0.4, -0.2) is 21.1 Å². The Kier molecular flexibility index (Phi) is 6.50. The van der Waals surface area contributed by atoms with Gasteiger partial charge in [-0.3, -0.25) is 4.79 Å². The van der Waals surface area contributed by atoms with Gasteiger partial charge >= 0.3 is 0 Å². The van der Waals surface area contributed by atoms with Crippen LogP contribution in [0.4, 0.5) is 0 Å². The van der Waals surface area contributed by atoms with Crippen LogP contribution in [0.15, 0.2) is 53.6 Å². The first kappa shape index (κ1) is 21.5. The van der Waals surface area contributed by atoms with Crippen LogP contribution in [0.3, 0.4) is 0 Å². The van der Waals surface area contributed by atoms with Crippen molar-refractivity contribution in [2.45, 2.75) is 52.6 Å². The molecule has 1 aliphatic rings. The number of Topliss-reactive ketones (excluding diaryl/α,β-unsaturated/α-hetero) is 1. The summed E-state index contributed by atoms with van der Waals surface area (Å²) >= 11 is 0. The zero-order valence-electron chi connectivity index (χ0n) is 17.6. The average molecular weight is 408 g/mol. The number of hydrogen-bond acceptors (Lipinski definition) is 5. The lowest BCUT2D eigenvalue weighted by Crippen LogP contribution is -2.20. The molecule has 2 aromatic carbocycles. The van der Waals surface area contributed by atoms with Gasteiger partial charge in [-0.25, -0.2) is 0 Å². The van der Waals surface area contributed by atoms with Crippen molar-refractivity contribution in [2.24, 2.45) is 0 Å². The summed E-state index contributed by atoms with van der Waals surface area (Å²) < 4.78 is 5.90. The van der Waals surface area contributed by atoms with Gasteiger partial charge in [-0.15, -0.1) is 0 Å². The van der Waals surface area contributed by atoms with Gasteiger partial charge in [0.15, 0.2) is 5.78 Å². The summed E-state index contributed by atoms with van der Waals surface area (Å²) in [5, 5.41) is 30.6. The SMILES string of the molecule is CC(C)=CCCC(C)=CCc1c(O)cc2c(c1O)C(=O)C[C@@H](c1ccc(O)cc1)O2. The lowest BCUT2D eigenvalue weighted by molar-refractivity contribution is 0.0844. The van der Waals surface area contributed by atoms with Gasteiger partial charge in [0.25, 0.3) is 0 Å². The van der Waals surface area contributed by atoms with Crippen LogP contribution in [0.25, 0.3) is 0 Å². The van der Waals surface area contributed by atoms with E-state index in [0.717, 1.165) is 24.0 Å². The molecule has 0 aromatic heterocycles. The molecule has 0 amide bonds. The fraction of sp³-hybridized carbons (Fsp3) is 0.320. The molecular formula is C25H28O5. The van der Waals surface area contributed by atoms with Crippen molar-refractivity contribution >= 4 is 5.78 Å². The number of ketones is 1. The molecule has 0 fully saturated rings. The molecule has 30 heavy (non-hydrogen) atoms. The first-order valence-electron chi connectivity index (χ1n) is 10.1. The molecule has 0 unspecified atom stereocenters. The standard InChI is InChI=1S/C25H28O5/c1-15(2)5-4-6-16(3)7-12-19-20(27)13-23-24(25(19)29)21(28)14-22(30-23)17-8-10-18(26)11-9-17/h5,7-11,13,22,26-27,29H,4,6,12,14H2,1-3H3/t22-/m0/s1. The minimum Gasteiger partial charge on any atom is -0.508 e. The third kappa shape index (κ3) is 4.85. The number of phenols is 3. The van der Waals surface area contributed by atoms with Crippen LogP contribution < -0.4 is 4.74 Å². The number of ether oxygens (including phenoxy) is 1. The van der Waals surface area contributed by atoms with Crippen LogP contribution in [0.5, 0.6) is 23.0 Å². The molecule has 158 valence electrons. The number of hydrogen-bond donors (Lipinski definition) is 3. The van der Waals surface area contributed by atoms with E-state index in [1.54, 1.807) is 12.1 Å². The Morgan fingerprint density at radius 1 is 1.10 bits per heavy atom.